The zero-order valence-corrected chi connectivity index (χ0v) is 22.5. The molecule has 0 aromatic carbocycles. The Bertz CT molecular complexity index is 513. The Labute approximate surface area is 196 Å². The van der Waals surface area contributed by atoms with Gasteiger partial charge in [-0.15, -0.1) is 0 Å². The number of fused-ring (bicyclic) bond motifs is 1. The quantitative estimate of drug-likeness (QED) is 0.185. The summed E-state index contributed by atoms with van der Waals surface area (Å²) in [7, 11) is 0. The number of carbonyl (C=O) groups is 1. The second-order valence-electron chi connectivity index (χ2n) is 9.20. The van der Waals surface area contributed by atoms with Crippen LogP contribution in [0.25, 0.3) is 0 Å². The van der Waals surface area contributed by atoms with Gasteiger partial charge in [0.25, 0.3) is 6.47 Å². The largest absolute Gasteiger partial charge is 0.464 e. The predicted octanol–water partition coefficient (Wildman–Crippen LogP) is 9.24. The van der Waals surface area contributed by atoms with Gasteiger partial charge in [0.1, 0.15) is 6.10 Å². The highest BCUT2D eigenvalue weighted by atomic mass is 79.9. The van der Waals surface area contributed by atoms with Gasteiger partial charge in [-0.1, -0.05) is 94.5 Å². The second-order valence-corrected chi connectivity index (χ2v) is 9.66. The highest BCUT2D eigenvalue weighted by molar-refractivity contribution is 9.11. The molecular formula is C27H49BrO2. The van der Waals surface area contributed by atoms with E-state index < -0.39 is 0 Å². The van der Waals surface area contributed by atoms with Crippen LogP contribution in [0.4, 0.5) is 0 Å². The first-order valence-corrected chi connectivity index (χ1v) is 13.3. The summed E-state index contributed by atoms with van der Waals surface area (Å²) in [5, 5.41) is 0. The van der Waals surface area contributed by atoms with Gasteiger partial charge in [0.15, 0.2) is 0 Å². The van der Waals surface area contributed by atoms with Gasteiger partial charge >= 0.3 is 0 Å². The first-order valence-electron chi connectivity index (χ1n) is 12.4. The van der Waals surface area contributed by atoms with Crippen molar-refractivity contribution in [1.29, 1.82) is 0 Å². The number of hydrogen-bond donors (Lipinski definition) is 0. The summed E-state index contributed by atoms with van der Waals surface area (Å²) < 4.78 is 5.10. The normalized spacial score (nSPS) is 28.2. The van der Waals surface area contributed by atoms with Crippen LogP contribution in [0.2, 0.25) is 0 Å². The van der Waals surface area contributed by atoms with Crippen LogP contribution < -0.4 is 0 Å². The van der Waals surface area contributed by atoms with Gasteiger partial charge in [-0.3, -0.25) is 4.79 Å². The smallest absolute Gasteiger partial charge is 0.293 e. The minimum atomic E-state index is 0.0110. The van der Waals surface area contributed by atoms with Gasteiger partial charge in [-0.25, -0.2) is 0 Å². The van der Waals surface area contributed by atoms with Crippen molar-refractivity contribution in [2.45, 2.75) is 119 Å². The average molecular weight is 486 g/mol. The van der Waals surface area contributed by atoms with Crippen molar-refractivity contribution in [2.24, 2.45) is 23.2 Å². The van der Waals surface area contributed by atoms with E-state index in [0.29, 0.717) is 17.8 Å². The molecule has 0 bridgehead atoms. The van der Waals surface area contributed by atoms with E-state index in [1.807, 2.05) is 27.7 Å². The van der Waals surface area contributed by atoms with E-state index in [4.69, 9.17) is 4.74 Å². The Morgan fingerprint density at radius 1 is 1.30 bits per heavy atom. The minimum absolute atomic E-state index is 0.0110. The zero-order valence-electron chi connectivity index (χ0n) is 20.9. The summed E-state index contributed by atoms with van der Waals surface area (Å²) in [6, 6.07) is 0. The maximum Gasteiger partial charge on any atom is 0.293 e. The molecule has 5 unspecified atom stereocenters. The van der Waals surface area contributed by atoms with Gasteiger partial charge < -0.3 is 4.74 Å². The first-order chi connectivity index (χ1) is 14.3. The molecule has 0 amide bonds. The predicted molar refractivity (Wildman–Crippen MR) is 136 cm³/mol. The minimum Gasteiger partial charge on any atom is -0.464 e. The molecule has 0 N–H and O–H groups in total. The molecule has 0 spiro atoms. The summed E-state index contributed by atoms with van der Waals surface area (Å²) in [4.78, 5) is 12.6. The molecule has 2 fully saturated rings. The molecule has 2 aliphatic carbocycles. The highest BCUT2D eigenvalue weighted by Gasteiger charge is 2.46. The number of halogens is 1. The molecule has 0 heterocycles. The van der Waals surface area contributed by atoms with E-state index in [-0.39, 0.29) is 6.10 Å². The molecule has 2 nitrogen and oxygen atoms in total. The summed E-state index contributed by atoms with van der Waals surface area (Å²) in [5.41, 5.74) is 3.43. The number of hydrogen-bond acceptors (Lipinski definition) is 2. The van der Waals surface area contributed by atoms with Crippen LogP contribution in [0.5, 0.6) is 0 Å². The molecule has 0 saturated heterocycles. The number of allylic oxidation sites excluding steroid dienone is 1. The molecule has 2 aliphatic rings. The number of ether oxygens (including phenoxy) is 1. The summed E-state index contributed by atoms with van der Waals surface area (Å²) in [6.07, 6.45) is 12.6. The van der Waals surface area contributed by atoms with Crippen molar-refractivity contribution in [2.75, 3.05) is 0 Å². The van der Waals surface area contributed by atoms with Crippen molar-refractivity contribution in [3.8, 4) is 0 Å². The lowest BCUT2D eigenvalue weighted by atomic mass is 9.64. The molecule has 5 atom stereocenters. The third-order valence-corrected chi connectivity index (χ3v) is 8.00. The SMILES string of the molecule is C=C(C)C(CCCCC)C(CC)OC=O.CC.CC1CCC2/C(=C/Br)CCCC12C. The zero-order chi connectivity index (χ0) is 23.2. The Kier molecular flexibility index (Phi) is 15.8. The van der Waals surface area contributed by atoms with Crippen LogP contribution in [-0.2, 0) is 9.53 Å². The highest BCUT2D eigenvalue weighted by Crippen LogP contribution is 2.57. The fourth-order valence-corrected chi connectivity index (χ4v) is 5.89. The van der Waals surface area contributed by atoms with Crippen LogP contribution >= 0.6 is 15.9 Å². The van der Waals surface area contributed by atoms with E-state index in [2.05, 4.69) is 48.3 Å². The van der Waals surface area contributed by atoms with E-state index in [1.165, 1.54) is 51.4 Å². The molecule has 0 aromatic heterocycles. The van der Waals surface area contributed by atoms with Crippen molar-refractivity contribution < 1.29 is 9.53 Å². The second kappa shape index (κ2) is 16.1. The first kappa shape index (κ1) is 29.4. The van der Waals surface area contributed by atoms with Crippen molar-refractivity contribution in [3.05, 3.63) is 22.7 Å². The Hall–Kier alpha value is -0.570. The molecule has 3 heteroatoms. The van der Waals surface area contributed by atoms with Crippen molar-refractivity contribution >= 4 is 22.4 Å². The number of rotatable bonds is 9. The third kappa shape index (κ3) is 8.52. The lowest BCUT2D eigenvalue weighted by Crippen LogP contribution is -2.31. The van der Waals surface area contributed by atoms with Gasteiger partial charge in [0.2, 0.25) is 0 Å². The molecule has 30 heavy (non-hydrogen) atoms. The topological polar surface area (TPSA) is 26.3 Å². The Morgan fingerprint density at radius 3 is 2.47 bits per heavy atom. The Morgan fingerprint density at radius 2 is 1.97 bits per heavy atom. The van der Waals surface area contributed by atoms with E-state index >= 15 is 0 Å². The van der Waals surface area contributed by atoms with E-state index in [0.717, 1.165) is 30.3 Å². The Balaban J connectivity index is 0.000000520. The monoisotopic (exact) mass is 484 g/mol. The molecule has 176 valence electrons. The lowest BCUT2D eigenvalue weighted by Gasteiger charge is -2.41. The lowest BCUT2D eigenvalue weighted by molar-refractivity contribution is -0.135. The fourth-order valence-electron chi connectivity index (χ4n) is 5.34. The molecule has 2 rings (SSSR count). The van der Waals surface area contributed by atoms with Gasteiger partial charge in [-0.05, 0) is 74.1 Å². The summed E-state index contributed by atoms with van der Waals surface area (Å²) >= 11 is 3.53. The van der Waals surface area contributed by atoms with Crippen molar-refractivity contribution in [1.82, 2.24) is 0 Å². The maximum absolute atomic E-state index is 10.4. The fraction of sp³-hybridized carbons (Fsp3) is 0.815. The molecule has 0 aliphatic heterocycles. The van der Waals surface area contributed by atoms with Crippen LogP contribution in [0, 0.1) is 23.2 Å². The molecular weight excluding hydrogens is 436 g/mol. The number of unbranched alkanes of at least 4 members (excludes halogenated alkanes) is 2. The van der Waals surface area contributed by atoms with Crippen LogP contribution in [0.15, 0.2) is 22.7 Å². The van der Waals surface area contributed by atoms with Crippen LogP contribution in [0.1, 0.15) is 113 Å². The standard InChI is InChI=1S/C13H24O2.C12H19Br.C2H6/c1-5-7-8-9-12(11(3)4)13(6-2)15-10-14;1-9-5-6-11-10(8-13)4-3-7-12(9,11)2;1-2/h10,12-13H,3,5-9H2,1-2,4H3;8-9,11H,3-7H2,1-2H3;1-2H3/b;10-8+;. The molecule has 0 aromatic rings. The van der Waals surface area contributed by atoms with Gasteiger partial charge in [0.05, 0.1) is 0 Å². The van der Waals surface area contributed by atoms with Crippen molar-refractivity contribution in [3.63, 3.8) is 0 Å². The van der Waals surface area contributed by atoms with Crippen LogP contribution in [0.3, 0.4) is 0 Å². The summed E-state index contributed by atoms with van der Waals surface area (Å²) in [6.45, 7) is 19.8. The maximum atomic E-state index is 10.4. The van der Waals surface area contributed by atoms with E-state index in [9.17, 15) is 4.79 Å². The van der Waals surface area contributed by atoms with Gasteiger partial charge in [0, 0.05) is 5.92 Å². The average Bonchev–Trinajstić information content (AvgIpc) is 3.06. The van der Waals surface area contributed by atoms with Crippen LogP contribution in [-0.4, -0.2) is 12.6 Å². The molecule has 0 radical (unpaired) electrons. The molecule has 2 saturated carbocycles. The van der Waals surface area contributed by atoms with Gasteiger partial charge in [-0.2, -0.15) is 0 Å². The van der Waals surface area contributed by atoms with E-state index in [1.54, 1.807) is 5.57 Å². The summed E-state index contributed by atoms with van der Waals surface area (Å²) in [5.74, 6) is 2.14. The number of carbonyl (C=O) groups excluding carboxylic acids is 1. The third-order valence-electron chi connectivity index (χ3n) is 7.41.